The van der Waals surface area contributed by atoms with Crippen LogP contribution in [0, 0.1) is 0 Å². The third kappa shape index (κ3) is 5.52. The fourth-order valence-electron chi connectivity index (χ4n) is 4.78. The number of ether oxygens (including phenoxy) is 1. The van der Waals surface area contributed by atoms with Crippen molar-refractivity contribution in [1.82, 2.24) is 19.8 Å². The van der Waals surface area contributed by atoms with E-state index < -0.39 is 0 Å². The smallest absolute Gasteiger partial charge is 0.323 e. The molecule has 2 fully saturated rings. The van der Waals surface area contributed by atoms with Crippen molar-refractivity contribution in [3.63, 3.8) is 0 Å². The molecular formula is C26H32N6O3. The van der Waals surface area contributed by atoms with Crippen LogP contribution in [0.25, 0.3) is 6.08 Å². The second kappa shape index (κ2) is 10.5. The summed E-state index contributed by atoms with van der Waals surface area (Å²) >= 11 is 0. The van der Waals surface area contributed by atoms with Gasteiger partial charge < -0.3 is 14.5 Å². The highest BCUT2D eigenvalue weighted by Crippen LogP contribution is 2.24. The van der Waals surface area contributed by atoms with Crippen molar-refractivity contribution in [1.29, 1.82) is 0 Å². The Labute approximate surface area is 205 Å². The van der Waals surface area contributed by atoms with E-state index in [1.807, 2.05) is 37.5 Å². The Morgan fingerprint density at radius 2 is 1.86 bits per heavy atom. The van der Waals surface area contributed by atoms with E-state index in [2.05, 4.69) is 31.2 Å². The van der Waals surface area contributed by atoms with Crippen molar-refractivity contribution in [3.8, 4) is 0 Å². The third-order valence-corrected chi connectivity index (χ3v) is 6.88. The van der Waals surface area contributed by atoms with E-state index in [-0.39, 0.29) is 11.8 Å². The van der Waals surface area contributed by atoms with Crippen LogP contribution in [0.15, 0.2) is 36.2 Å². The topological polar surface area (TPSA) is 90.9 Å². The first kappa shape index (κ1) is 23.4. The Balaban J connectivity index is 1.12. The van der Waals surface area contributed by atoms with Gasteiger partial charge in [0.1, 0.15) is 5.82 Å². The fraction of sp³-hybridized carbons (Fsp3) is 0.462. The van der Waals surface area contributed by atoms with E-state index in [0.29, 0.717) is 38.5 Å². The largest absolute Gasteiger partial charge is 0.378 e. The molecule has 0 radical (unpaired) electrons. The summed E-state index contributed by atoms with van der Waals surface area (Å²) < 4.78 is 5.29. The molecule has 35 heavy (non-hydrogen) atoms. The molecule has 0 bridgehead atoms. The van der Waals surface area contributed by atoms with Crippen LogP contribution in [0.1, 0.15) is 30.2 Å². The fourth-order valence-corrected chi connectivity index (χ4v) is 4.78. The second-order valence-corrected chi connectivity index (χ2v) is 9.21. The maximum Gasteiger partial charge on any atom is 0.323 e. The highest BCUT2D eigenvalue weighted by Gasteiger charge is 2.21. The molecule has 0 atom stereocenters. The summed E-state index contributed by atoms with van der Waals surface area (Å²) in [7, 11) is 0. The Hall–Kier alpha value is -3.30. The summed E-state index contributed by atoms with van der Waals surface area (Å²) in [6.45, 7) is 8.87. The number of carbonyl (C=O) groups is 2. The van der Waals surface area contributed by atoms with Crippen LogP contribution in [-0.4, -0.2) is 84.1 Å². The summed E-state index contributed by atoms with van der Waals surface area (Å²) in [6, 6.07) is 5.88. The number of nitrogens with one attached hydrogen (secondary N) is 1. The number of nitrogens with zero attached hydrogens (tertiary/aromatic N) is 5. The van der Waals surface area contributed by atoms with Gasteiger partial charge in [-0.05, 0) is 41.3 Å². The van der Waals surface area contributed by atoms with Crippen LogP contribution in [-0.2, 0) is 22.5 Å². The number of piperazine rings is 1. The monoisotopic (exact) mass is 476 g/mol. The summed E-state index contributed by atoms with van der Waals surface area (Å²) in [4.78, 5) is 40.2. The molecule has 2 aromatic rings. The van der Waals surface area contributed by atoms with Crippen LogP contribution in [0.3, 0.4) is 0 Å². The molecule has 2 saturated heterocycles. The van der Waals surface area contributed by atoms with Gasteiger partial charge in [-0.25, -0.2) is 9.78 Å². The number of allylic oxidation sites excluding steroid dienone is 1. The van der Waals surface area contributed by atoms with Crippen molar-refractivity contribution in [2.45, 2.75) is 26.3 Å². The minimum Gasteiger partial charge on any atom is -0.378 e. The maximum atomic E-state index is 12.3. The average Bonchev–Trinajstić information content (AvgIpc) is 2.90. The molecule has 1 N–H and O–H groups in total. The van der Waals surface area contributed by atoms with Gasteiger partial charge in [0, 0.05) is 58.4 Å². The van der Waals surface area contributed by atoms with E-state index >= 15 is 0 Å². The first-order chi connectivity index (χ1) is 17.1. The van der Waals surface area contributed by atoms with Gasteiger partial charge in [0.2, 0.25) is 0 Å². The Morgan fingerprint density at radius 1 is 1.06 bits per heavy atom. The zero-order valence-corrected chi connectivity index (χ0v) is 20.2. The molecule has 2 amide bonds. The predicted molar refractivity (Wildman–Crippen MR) is 134 cm³/mol. The number of Topliss-reactive ketones (excluding diaryl/α,β-unsaturated/α-hetero) is 1. The van der Waals surface area contributed by atoms with E-state index in [1.165, 1.54) is 0 Å². The minimum atomic E-state index is -0.134. The quantitative estimate of drug-likeness (QED) is 0.709. The number of ketones is 1. The Kier molecular flexibility index (Phi) is 7.06. The van der Waals surface area contributed by atoms with Crippen LogP contribution >= 0.6 is 0 Å². The molecule has 3 aliphatic rings. The number of anilines is 2. The lowest BCUT2D eigenvalue weighted by atomic mass is 9.92. The molecule has 9 nitrogen and oxygen atoms in total. The van der Waals surface area contributed by atoms with Gasteiger partial charge in [-0.15, -0.1) is 0 Å². The number of carbonyl (C=O) groups excluding carboxylic acids is 2. The lowest BCUT2D eigenvalue weighted by Crippen LogP contribution is -2.46. The molecule has 2 aromatic heterocycles. The summed E-state index contributed by atoms with van der Waals surface area (Å²) in [5, 5.41) is 2.87. The average molecular weight is 477 g/mol. The van der Waals surface area contributed by atoms with Gasteiger partial charge in [0.25, 0.3) is 0 Å². The number of hydrogen-bond donors (Lipinski definition) is 1. The zero-order valence-electron chi connectivity index (χ0n) is 20.2. The molecule has 5 rings (SSSR count). The number of amides is 2. The highest BCUT2D eigenvalue weighted by atomic mass is 16.5. The highest BCUT2D eigenvalue weighted by molar-refractivity contribution is 6.03. The molecule has 2 aliphatic heterocycles. The maximum absolute atomic E-state index is 12.3. The van der Waals surface area contributed by atoms with Crippen molar-refractivity contribution in [2.24, 2.45) is 0 Å². The van der Waals surface area contributed by atoms with Gasteiger partial charge >= 0.3 is 6.03 Å². The summed E-state index contributed by atoms with van der Waals surface area (Å²) in [6.07, 6.45) is 6.93. The summed E-state index contributed by atoms with van der Waals surface area (Å²) in [5.74, 6) is 0.774. The van der Waals surface area contributed by atoms with Crippen molar-refractivity contribution < 1.29 is 14.3 Å². The normalized spacial score (nSPS) is 18.8. The van der Waals surface area contributed by atoms with Gasteiger partial charge in [0.05, 0.1) is 30.8 Å². The van der Waals surface area contributed by atoms with Gasteiger partial charge in [-0.1, -0.05) is 13.0 Å². The van der Waals surface area contributed by atoms with Crippen molar-refractivity contribution in [2.75, 3.05) is 62.7 Å². The zero-order chi connectivity index (χ0) is 24.2. The van der Waals surface area contributed by atoms with E-state index in [1.54, 1.807) is 4.90 Å². The third-order valence-electron chi connectivity index (χ3n) is 6.88. The lowest BCUT2D eigenvalue weighted by Gasteiger charge is -2.36. The number of fused-ring (bicyclic) bond motifs is 1. The summed E-state index contributed by atoms with van der Waals surface area (Å²) in [5.41, 5.74) is 5.06. The van der Waals surface area contributed by atoms with E-state index in [0.717, 1.165) is 67.2 Å². The first-order valence-electron chi connectivity index (χ1n) is 12.4. The Morgan fingerprint density at radius 3 is 2.57 bits per heavy atom. The number of rotatable bonds is 5. The molecule has 1 aliphatic carbocycles. The molecular weight excluding hydrogens is 444 g/mol. The van der Waals surface area contributed by atoms with Crippen LogP contribution in [0.4, 0.5) is 16.3 Å². The van der Waals surface area contributed by atoms with Crippen LogP contribution in [0.2, 0.25) is 0 Å². The molecule has 9 heteroatoms. The lowest BCUT2D eigenvalue weighted by molar-refractivity contribution is -0.115. The molecule has 0 spiro atoms. The molecule has 4 heterocycles. The van der Waals surface area contributed by atoms with Crippen LogP contribution < -0.4 is 10.2 Å². The number of urea groups is 1. The standard InChI is InChI=1S/C26H32N6O3/c1-2-20-14-23-21(15-24(20)33)13-19(16-27-23)18-30-5-7-31(8-6-30)22-3-4-25(28-17-22)29-26(34)32-9-11-35-12-10-32/h3-4,13-14,16-17H,2,5-12,15,18H2,1H3,(H,28,29,34). The van der Waals surface area contributed by atoms with Gasteiger partial charge in [0.15, 0.2) is 5.78 Å². The van der Waals surface area contributed by atoms with E-state index in [4.69, 9.17) is 4.74 Å². The molecule has 184 valence electrons. The van der Waals surface area contributed by atoms with Crippen LogP contribution in [0.5, 0.6) is 0 Å². The number of hydrogen-bond acceptors (Lipinski definition) is 7. The first-order valence-corrected chi connectivity index (χ1v) is 12.4. The minimum absolute atomic E-state index is 0.134. The Bertz CT molecular complexity index is 1100. The van der Waals surface area contributed by atoms with E-state index in [9.17, 15) is 9.59 Å². The SMILES string of the molecule is CCC1=Cc2ncc(CN3CCN(c4ccc(NC(=O)N5CCOCC5)nc4)CC3)cc2CC1=O. The predicted octanol–water partition coefficient (Wildman–Crippen LogP) is 2.58. The van der Waals surface area contributed by atoms with Crippen molar-refractivity contribution >= 4 is 29.4 Å². The van der Waals surface area contributed by atoms with Crippen molar-refractivity contribution in [3.05, 3.63) is 53.0 Å². The van der Waals surface area contributed by atoms with Gasteiger partial charge in [-0.2, -0.15) is 0 Å². The number of morpholine rings is 1. The molecule has 0 aromatic carbocycles. The number of aromatic nitrogens is 2. The number of pyridine rings is 2. The second-order valence-electron chi connectivity index (χ2n) is 9.21. The molecule has 0 unspecified atom stereocenters. The molecule has 0 saturated carbocycles. The van der Waals surface area contributed by atoms with Gasteiger partial charge in [-0.3, -0.25) is 20.0 Å².